The van der Waals surface area contributed by atoms with E-state index < -0.39 is 0 Å². The molecule has 1 saturated heterocycles. The molecule has 148 valence electrons. The number of anilines is 1. The van der Waals surface area contributed by atoms with Crippen molar-refractivity contribution in [3.63, 3.8) is 0 Å². The third-order valence-electron chi connectivity index (χ3n) is 5.50. The molecular formula is C24H21N5O. The first-order valence-electron chi connectivity index (χ1n) is 10.0. The van der Waals surface area contributed by atoms with Crippen molar-refractivity contribution in [2.45, 2.75) is 0 Å². The lowest BCUT2D eigenvalue weighted by Gasteiger charge is -2.36. The standard InChI is InChI=1S/C24H21N5O/c30-24(29-14-12-28(13-15-29)19-7-10-25-11-8-19)21-16-23(18-4-3-9-26-17-18)27-22-6-2-1-5-20(21)22/h1-11,16-17H,12-15H2. The Bertz CT molecular complexity index is 1170. The van der Waals surface area contributed by atoms with E-state index in [9.17, 15) is 4.79 Å². The number of aromatic nitrogens is 3. The van der Waals surface area contributed by atoms with Crippen molar-refractivity contribution >= 4 is 22.5 Å². The SMILES string of the molecule is O=C(c1cc(-c2cccnc2)nc2ccccc12)N1CCN(c2ccncc2)CC1. The molecule has 0 unspecified atom stereocenters. The van der Waals surface area contributed by atoms with E-state index in [0.717, 1.165) is 40.9 Å². The van der Waals surface area contributed by atoms with Crippen molar-refractivity contribution in [3.05, 3.63) is 84.9 Å². The molecule has 4 aromatic rings. The summed E-state index contributed by atoms with van der Waals surface area (Å²) in [6, 6.07) is 17.6. The second-order valence-corrected chi connectivity index (χ2v) is 7.30. The van der Waals surface area contributed by atoms with Crippen molar-refractivity contribution in [3.8, 4) is 11.3 Å². The molecule has 0 bridgehead atoms. The predicted octanol–water partition coefficient (Wildman–Crippen LogP) is 3.65. The summed E-state index contributed by atoms with van der Waals surface area (Å²) < 4.78 is 0. The summed E-state index contributed by atoms with van der Waals surface area (Å²) in [5, 5.41) is 0.881. The van der Waals surface area contributed by atoms with Crippen LogP contribution in [0.1, 0.15) is 10.4 Å². The Hall–Kier alpha value is -3.80. The number of rotatable bonds is 3. The van der Waals surface area contributed by atoms with Gasteiger partial charge < -0.3 is 9.80 Å². The zero-order valence-electron chi connectivity index (χ0n) is 16.5. The third kappa shape index (κ3) is 3.48. The van der Waals surface area contributed by atoms with Crippen LogP contribution in [0.2, 0.25) is 0 Å². The van der Waals surface area contributed by atoms with E-state index in [1.807, 2.05) is 59.5 Å². The largest absolute Gasteiger partial charge is 0.368 e. The first-order chi connectivity index (χ1) is 14.8. The van der Waals surface area contributed by atoms with E-state index in [2.05, 4.69) is 14.9 Å². The van der Waals surface area contributed by atoms with E-state index in [4.69, 9.17) is 4.98 Å². The number of hydrogen-bond donors (Lipinski definition) is 0. The maximum atomic E-state index is 13.5. The van der Waals surface area contributed by atoms with Gasteiger partial charge in [-0.2, -0.15) is 0 Å². The third-order valence-corrected chi connectivity index (χ3v) is 5.50. The number of hydrogen-bond acceptors (Lipinski definition) is 5. The van der Waals surface area contributed by atoms with Gasteiger partial charge in [0.05, 0.1) is 16.8 Å². The highest BCUT2D eigenvalue weighted by Gasteiger charge is 2.24. The number of piperazine rings is 1. The summed E-state index contributed by atoms with van der Waals surface area (Å²) in [5.74, 6) is 0.0492. The minimum atomic E-state index is 0.0492. The number of benzene rings is 1. The van der Waals surface area contributed by atoms with Crippen LogP contribution < -0.4 is 4.90 Å². The summed E-state index contributed by atoms with van der Waals surface area (Å²) in [7, 11) is 0. The molecule has 0 N–H and O–H groups in total. The molecule has 1 aliphatic heterocycles. The number of amides is 1. The summed E-state index contributed by atoms with van der Waals surface area (Å²) in [6.07, 6.45) is 7.11. The Morgan fingerprint density at radius 3 is 2.40 bits per heavy atom. The molecule has 1 aliphatic rings. The van der Waals surface area contributed by atoms with Gasteiger partial charge in [0.1, 0.15) is 0 Å². The van der Waals surface area contributed by atoms with Crippen molar-refractivity contribution in [2.24, 2.45) is 0 Å². The first kappa shape index (κ1) is 18.2. The fourth-order valence-corrected chi connectivity index (χ4v) is 3.91. The zero-order valence-corrected chi connectivity index (χ0v) is 16.5. The first-order valence-corrected chi connectivity index (χ1v) is 10.0. The van der Waals surface area contributed by atoms with Crippen LogP contribution in [0.3, 0.4) is 0 Å². The van der Waals surface area contributed by atoms with Crippen molar-refractivity contribution in [1.82, 2.24) is 19.9 Å². The zero-order chi connectivity index (χ0) is 20.3. The van der Waals surface area contributed by atoms with Gasteiger partial charge in [0.15, 0.2) is 0 Å². The van der Waals surface area contributed by atoms with Crippen LogP contribution in [0.15, 0.2) is 79.4 Å². The molecule has 6 nitrogen and oxygen atoms in total. The number of nitrogens with zero attached hydrogens (tertiary/aromatic N) is 5. The Kier molecular flexibility index (Phi) is 4.81. The molecule has 5 rings (SSSR count). The van der Waals surface area contributed by atoms with Crippen molar-refractivity contribution in [1.29, 1.82) is 0 Å². The highest BCUT2D eigenvalue weighted by molar-refractivity contribution is 6.07. The monoisotopic (exact) mass is 395 g/mol. The van der Waals surface area contributed by atoms with Gasteiger partial charge >= 0.3 is 0 Å². The maximum absolute atomic E-state index is 13.5. The summed E-state index contributed by atoms with van der Waals surface area (Å²) in [5.41, 5.74) is 4.32. The van der Waals surface area contributed by atoms with Gasteiger partial charge in [0.25, 0.3) is 5.91 Å². The number of carbonyl (C=O) groups is 1. The van der Waals surface area contributed by atoms with Gasteiger partial charge in [-0.25, -0.2) is 4.98 Å². The van der Waals surface area contributed by atoms with Crippen molar-refractivity contribution < 1.29 is 4.79 Å². The molecule has 30 heavy (non-hydrogen) atoms. The minimum Gasteiger partial charge on any atom is -0.368 e. The molecule has 0 radical (unpaired) electrons. The lowest BCUT2D eigenvalue weighted by molar-refractivity contribution is 0.0748. The summed E-state index contributed by atoms with van der Waals surface area (Å²) in [6.45, 7) is 2.96. The lowest BCUT2D eigenvalue weighted by Crippen LogP contribution is -2.48. The second-order valence-electron chi connectivity index (χ2n) is 7.30. The van der Waals surface area contributed by atoms with Crippen LogP contribution in [0.4, 0.5) is 5.69 Å². The smallest absolute Gasteiger partial charge is 0.254 e. The molecule has 3 aromatic heterocycles. The van der Waals surface area contributed by atoms with Gasteiger partial charge in [-0.15, -0.1) is 0 Å². The topological polar surface area (TPSA) is 62.2 Å². The number of pyridine rings is 3. The van der Waals surface area contributed by atoms with Gasteiger partial charge in [-0.05, 0) is 36.4 Å². The number of para-hydroxylation sites is 1. The van der Waals surface area contributed by atoms with Gasteiger partial charge in [0, 0.05) is 67.6 Å². The highest BCUT2D eigenvalue weighted by atomic mass is 16.2. The molecule has 1 amide bonds. The average molecular weight is 395 g/mol. The molecule has 6 heteroatoms. The Labute approximate surface area is 174 Å². The van der Waals surface area contributed by atoms with Crippen molar-refractivity contribution in [2.75, 3.05) is 31.1 Å². The summed E-state index contributed by atoms with van der Waals surface area (Å²) in [4.78, 5) is 30.8. The number of carbonyl (C=O) groups excluding carboxylic acids is 1. The number of fused-ring (bicyclic) bond motifs is 1. The fraction of sp³-hybridized carbons (Fsp3) is 0.167. The van der Waals surface area contributed by atoms with E-state index in [1.54, 1.807) is 24.8 Å². The van der Waals surface area contributed by atoms with Crippen LogP contribution in [0.5, 0.6) is 0 Å². The van der Waals surface area contributed by atoms with Gasteiger partial charge in [-0.3, -0.25) is 14.8 Å². The van der Waals surface area contributed by atoms with Crippen LogP contribution >= 0.6 is 0 Å². The van der Waals surface area contributed by atoms with Gasteiger partial charge in [-0.1, -0.05) is 18.2 Å². The van der Waals surface area contributed by atoms with Gasteiger partial charge in [0.2, 0.25) is 0 Å². The molecule has 0 spiro atoms. The Morgan fingerprint density at radius 2 is 1.63 bits per heavy atom. The molecule has 0 atom stereocenters. The van der Waals surface area contributed by atoms with Crippen LogP contribution in [0.25, 0.3) is 22.2 Å². The highest BCUT2D eigenvalue weighted by Crippen LogP contribution is 2.26. The lowest BCUT2D eigenvalue weighted by atomic mass is 10.0. The molecule has 1 aromatic carbocycles. The van der Waals surface area contributed by atoms with E-state index in [-0.39, 0.29) is 5.91 Å². The van der Waals surface area contributed by atoms with E-state index in [1.165, 1.54) is 0 Å². The summed E-state index contributed by atoms with van der Waals surface area (Å²) >= 11 is 0. The second kappa shape index (κ2) is 7.91. The minimum absolute atomic E-state index is 0.0492. The fourth-order valence-electron chi connectivity index (χ4n) is 3.91. The molecule has 0 aliphatic carbocycles. The normalized spacial score (nSPS) is 14.1. The quantitative estimate of drug-likeness (QED) is 0.530. The van der Waals surface area contributed by atoms with Crippen LogP contribution in [-0.2, 0) is 0 Å². The Balaban J connectivity index is 1.45. The molecular weight excluding hydrogens is 374 g/mol. The van der Waals surface area contributed by atoms with Crippen LogP contribution in [0, 0.1) is 0 Å². The maximum Gasteiger partial charge on any atom is 0.254 e. The average Bonchev–Trinajstić information content (AvgIpc) is 2.84. The molecule has 1 fully saturated rings. The van der Waals surface area contributed by atoms with E-state index >= 15 is 0 Å². The predicted molar refractivity (Wildman–Crippen MR) is 117 cm³/mol. The molecule has 0 saturated carbocycles. The molecule has 4 heterocycles. The Morgan fingerprint density at radius 1 is 0.833 bits per heavy atom. The van der Waals surface area contributed by atoms with Crippen LogP contribution in [-0.4, -0.2) is 51.9 Å². The van der Waals surface area contributed by atoms with E-state index in [0.29, 0.717) is 18.7 Å².